The Balaban J connectivity index is 1.69. The number of anilines is 2. The highest BCUT2D eigenvalue weighted by molar-refractivity contribution is 6.31. The highest BCUT2D eigenvalue weighted by atomic mass is 35.5. The number of aliphatic hydroxyl groups is 1. The van der Waals surface area contributed by atoms with Gasteiger partial charge in [0.1, 0.15) is 23.3 Å². The van der Waals surface area contributed by atoms with Crippen molar-refractivity contribution in [2.75, 3.05) is 23.5 Å². The van der Waals surface area contributed by atoms with Crippen LogP contribution in [0, 0.1) is 23.3 Å². The molecule has 0 aromatic heterocycles. The van der Waals surface area contributed by atoms with Crippen molar-refractivity contribution in [3.63, 3.8) is 0 Å². The lowest BCUT2D eigenvalue weighted by molar-refractivity contribution is 0.0950. The van der Waals surface area contributed by atoms with E-state index >= 15 is 0 Å². The SMILES string of the molecule is CC(O)CN1C(=O)N(Cc2c(F)cccc2Cl)c2cc(C(=O)NCc3c(F)cc(F)cc3F)ccc2N1C. The molecule has 1 aliphatic heterocycles. The molecule has 0 saturated heterocycles. The van der Waals surface area contributed by atoms with Crippen molar-refractivity contribution in [1.82, 2.24) is 10.3 Å². The zero-order valence-electron chi connectivity index (χ0n) is 20.3. The van der Waals surface area contributed by atoms with Crippen LogP contribution in [0.15, 0.2) is 48.5 Å². The minimum atomic E-state index is -1.15. The number of hydrogen-bond acceptors (Lipinski definition) is 4. The van der Waals surface area contributed by atoms with E-state index in [4.69, 9.17) is 11.6 Å². The van der Waals surface area contributed by atoms with Crippen LogP contribution in [-0.2, 0) is 13.1 Å². The fourth-order valence-electron chi connectivity index (χ4n) is 4.11. The third-order valence-electron chi connectivity index (χ3n) is 6.04. The molecule has 0 bridgehead atoms. The zero-order valence-corrected chi connectivity index (χ0v) is 21.1. The van der Waals surface area contributed by atoms with Gasteiger partial charge in [-0.1, -0.05) is 17.7 Å². The molecule has 1 unspecified atom stereocenters. The smallest absolute Gasteiger partial charge is 0.343 e. The summed E-state index contributed by atoms with van der Waals surface area (Å²) in [6.45, 7) is 0.615. The number of aliphatic hydroxyl groups excluding tert-OH is 1. The van der Waals surface area contributed by atoms with E-state index in [0.29, 0.717) is 17.8 Å². The number of hydrogen-bond donors (Lipinski definition) is 2. The number of hydrazine groups is 1. The van der Waals surface area contributed by atoms with Crippen molar-refractivity contribution in [2.45, 2.75) is 26.1 Å². The summed E-state index contributed by atoms with van der Waals surface area (Å²) in [5, 5.41) is 15.2. The summed E-state index contributed by atoms with van der Waals surface area (Å²) in [7, 11) is 1.59. The Morgan fingerprint density at radius 2 is 1.68 bits per heavy atom. The van der Waals surface area contributed by atoms with E-state index in [9.17, 15) is 32.3 Å². The van der Waals surface area contributed by atoms with Crippen molar-refractivity contribution < 1.29 is 32.3 Å². The number of β-amino-alcohol motifs (C(OH)–C–C–N with tert-alkyl or cyclic N) is 1. The molecule has 0 radical (unpaired) electrons. The molecule has 3 amide bonds. The van der Waals surface area contributed by atoms with Crippen LogP contribution >= 0.6 is 11.6 Å². The maximum absolute atomic E-state index is 14.6. The average Bonchev–Trinajstić information content (AvgIpc) is 2.84. The van der Waals surface area contributed by atoms with E-state index in [2.05, 4.69) is 5.32 Å². The van der Waals surface area contributed by atoms with E-state index in [1.165, 1.54) is 52.2 Å². The maximum atomic E-state index is 14.6. The molecule has 1 heterocycles. The lowest BCUT2D eigenvalue weighted by atomic mass is 10.1. The normalized spacial score (nSPS) is 14.0. The number of carbonyl (C=O) groups is 2. The number of rotatable bonds is 7. The summed E-state index contributed by atoms with van der Waals surface area (Å²) in [6.07, 6.45) is -0.876. The van der Waals surface area contributed by atoms with E-state index < -0.39 is 53.4 Å². The van der Waals surface area contributed by atoms with Crippen LogP contribution in [0.2, 0.25) is 5.02 Å². The number of benzene rings is 3. The fourth-order valence-corrected chi connectivity index (χ4v) is 4.33. The largest absolute Gasteiger partial charge is 0.391 e. The predicted octanol–water partition coefficient (Wildman–Crippen LogP) is 5.00. The first-order chi connectivity index (χ1) is 18.0. The van der Waals surface area contributed by atoms with Crippen molar-refractivity contribution in [1.29, 1.82) is 0 Å². The van der Waals surface area contributed by atoms with Crippen LogP contribution in [0.4, 0.5) is 33.7 Å². The van der Waals surface area contributed by atoms with E-state index in [1.54, 1.807) is 13.1 Å². The molecular formula is C26H23ClF4N4O3. The van der Waals surface area contributed by atoms with Crippen LogP contribution in [0.3, 0.4) is 0 Å². The minimum Gasteiger partial charge on any atom is -0.391 e. The van der Waals surface area contributed by atoms with E-state index in [1.807, 2.05) is 0 Å². The first-order valence-electron chi connectivity index (χ1n) is 11.5. The molecule has 0 aliphatic carbocycles. The molecule has 3 aromatic carbocycles. The van der Waals surface area contributed by atoms with Crippen molar-refractivity contribution in [2.24, 2.45) is 0 Å². The summed E-state index contributed by atoms with van der Waals surface area (Å²) >= 11 is 6.20. The summed E-state index contributed by atoms with van der Waals surface area (Å²) in [6, 6.07) is 8.88. The average molecular weight is 551 g/mol. The molecule has 0 saturated carbocycles. The molecule has 4 rings (SSSR count). The quantitative estimate of drug-likeness (QED) is 0.406. The second-order valence-electron chi connectivity index (χ2n) is 8.76. The predicted molar refractivity (Wildman–Crippen MR) is 134 cm³/mol. The minimum absolute atomic E-state index is 0.0430. The van der Waals surface area contributed by atoms with Crippen LogP contribution in [0.5, 0.6) is 0 Å². The molecule has 200 valence electrons. The molecule has 12 heteroatoms. The van der Waals surface area contributed by atoms with Crippen molar-refractivity contribution >= 4 is 34.9 Å². The summed E-state index contributed by atoms with van der Waals surface area (Å²) in [5.74, 6) is -4.73. The van der Waals surface area contributed by atoms with E-state index in [0.717, 1.165) is 0 Å². The molecule has 7 nitrogen and oxygen atoms in total. The molecule has 38 heavy (non-hydrogen) atoms. The second-order valence-corrected chi connectivity index (χ2v) is 9.17. The van der Waals surface area contributed by atoms with Gasteiger partial charge < -0.3 is 10.4 Å². The number of halogens is 5. The molecule has 3 aromatic rings. The molecule has 1 atom stereocenters. The Morgan fingerprint density at radius 3 is 2.32 bits per heavy atom. The Bertz CT molecular complexity index is 1360. The van der Waals surface area contributed by atoms with Crippen LogP contribution < -0.4 is 15.2 Å². The lowest BCUT2D eigenvalue weighted by Gasteiger charge is -2.44. The topological polar surface area (TPSA) is 76.1 Å². The molecule has 0 spiro atoms. The van der Waals surface area contributed by atoms with Gasteiger partial charge in [-0.05, 0) is 37.3 Å². The number of nitrogens with one attached hydrogen (secondary N) is 1. The van der Waals surface area contributed by atoms with Gasteiger partial charge in [-0.2, -0.15) is 0 Å². The number of fused-ring (bicyclic) bond motifs is 1. The van der Waals surface area contributed by atoms with Gasteiger partial charge in [0.05, 0.1) is 30.6 Å². The Kier molecular flexibility index (Phi) is 7.79. The first kappa shape index (κ1) is 27.2. The van der Waals surface area contributed by atoms with Crippen molar-refractivity contribution in [3.8, 4) is 0 Å². The highest BCUT2D eigenvalue weighted by Gasteiger charge is 2.36. The monoisotopic (exact) mass is 550 g/mol. The van der Waals surface area contributed by atoms with Crippen LogP contribution in [0.1, 0.15) is 28.4 Å². The van der Waals surface area contributed by atoms with Gasteiger partial charge in [-0.15, -0.1) is 0 Å². The standard InChI is InChI=1S/C26H23ClF4N4O3/c1-14(36)12-35-26(38)34(13-18-19(27)4-3-5-20(18)29)24-8-15(6-7-23(24)33(35)2)25(37)32-11-17-21(30)9-16(28)10-22(17)31/h3-10,14,36H,11-13H2,1-2H3,(H,32,37). The number of amides is 3. The third kappa shape index (κ3) is 5.39. The summed E-state index contributed by atoms with van der Waals surface area (Å²) in [4.78, 5) is 27.6. The molecule has 1 aliphatic rings. The third-order valence-corrected chi connectivity index (χ3v) is 6.39. The van der Waals surface area contributed by atoms with Gasteiger partial charge in [0.2, 0.25) is 0 Å². The molecular weight excluding hydrogens is 528 g/mol. The number of urea groups is 1. The van der Waals surface area contributed by atoms with Gasteiger partial charge in [0.15, 0.2) is 0 Å². The first-order valence-corrected chi connectivity index (χ1v) is 11.8. The van der Waals surface area contributed by atoms with Crippen LogP contribution in [0.25, 0.3) is 0 Å². The highest BCUT2D eigenvalue weighted by Crippen LogP contribution is 2.38. The van der Waals surface area contributed by atoms with E-state index in [-0.39, 0.29) is 34.9 Å². The van der Waals surface area contributed by atoms with Gasteiger partial charge in [-0.25, -0.2) is 27.4 Å². The maximum Gasteiger partial charge on any atom is 0.343 e. The summed E-state index contributed by atoms with van der Waals surface area (Å²) < 4.78 is 55.8. The zero-order chi connectivity index (χ0) is 27.7. The lowest BCUT2D eigenvalue weighted by Crippen LogP contribution is -2.57. The Morgan fingerprint density at radius 1 is 1.00 bits per heavy atom. The number of nitrogens with zero attached hydrogens (tertiary/aromatic N) is 3. The molecule has 0 fully saturated rings. The van der Waals surface area contributed by atoms with Gasteiger partial charge >= 0.3 is 6.03 Å². The fraction of sp³-hybridized carbons (Fsp3) is 0.231. The number of carbonyl (C=O) groups excluding carboxylic acids is 2. The van der Waals surface area contributed by atoms with Gasteiger partial charge in [0, 0.05) is 47.4 Å². The van der Waals surface area contributed by atoms with Crippen molar-refractivity contribution in [3.05, 3.63) is 93.5 Å². The molecule has 2 N–H and O–H groups in total. The Labute approximate surface area is 220 Å². The Hall–Kier alpha value is -3.83. The van der Waals surface area contributed by atoms with Gasteiger partial charge in [0.25, 0.3) is 5.91 Å². The van der Waals surface area contributed by atoms with Crippen LogP contribution in [-0.4, -0.2) is 41.8 Å². The second kappa shape index (κ2) is 10.9. The summed E-state index contributed by atoms with van der Waals surface area (Å²) in [5.41, 5.74) is 0.279. The van der Waals surface area contributed by atoms with Gasteiger partial charge in [-0.3, -0.25) is 14.7 Å².